The van der Waals surface area contributed by atoms with Gasteiger partial charge in [0, 0.05) is 5.00 Å². The van der Waals surface area contributed by atoms with Gasteiger partial charge in [0.05, 0.1) is 8.80 Å². The van der Waals surface area contributed by atoms with Crippen molar-refractivity contribution in [3.63, 3.8) is 0 Å². The molecule has 0 aliphatic rings. The summed E-state index contributed by atoms with van der Waals surface area (Å²) in [5, 5.41) is 0.500. The van der Waals surface area contributed by atoms with E-state index in [2.05, 4.69) is 34.6 Å². The fraction of sp³-hybridized carbons (Fsp3) is 1.00. The van der Waals surface area contributed by atoms with E-state index in [-0.39, 0.29) is 0 Å². The van der Waals surface area contributed by atoms with Crippen molar-refractivity contribution in [1.29, 1.82) is 0 Å². The third-order valence-corrected chi connectivity index (χ3v) is 8.69. The second kappa shape index (κ2) is 6.04. The van der Waals surface area contributed by atoms with Crippen LogP contribution in [-0.2, 0) is 0 Å². The molecule has 0 saturated carbocycles. The maximum atomic E-state index is 6.36. The molecule has 0 aromatic carbocycles. The van der Waals surface area contributed by atoms with Crippen LogP contribution < -0.4 is 0 Å². The lowest BCUT2D eigenvalue weighted by Gasteiger charge is -2.28. The first kappa shape index (κ1) is 12.5. The Kier molecular flexibility index (Phi) is 6.29. The molecule has 74 valence electrons. The van der Waals surface area contributed by atoms with Crippen LogP contribution in [0.5, 0.6) is 0 Å². The standard InChI is InChI=1S/C10H23ClSi/c1-6-9(5)12(8(3)4)10(11)7-2/h8-10,12H,6-7H2,1-5H3. The van der Waals surface area contributed by atoms with Gasteiger partial charge in [-0.3, -0.25) is 0 Å². The van der Waals surface area contributed by atoms with E-state index in [9.17, 15) is 0 Å². The highest BCUT2D eigenvalue weighted by atomic mass is 35.5. The number of hydrogen-bond donors (Lipinski definition) is 0. The van der Waals surface area contributed by atoms with E-state index >= 15 is 0 Å². The Morgan fingerprint density at radius 1 is 1.08 bits per heavy atom. The maximum absolute atomic E-state index is 6.36. The van der Waals surface area contributed by atoms with Crippen molar-refractivity contribution < 1.29 is 0 Å². The van der Waals surface area contributed by atoms with Gasteiger partial charge < -0.3 is 0 Å². The molecule has 0 spiro atoms. The van der Waals surface area contributed by atoms with Gasteiger partial charge >= 0.3 is 0 Å². The van der Waals surface area contributed by atoms with E-state index in [1.54, 1.807) is 0 Å². The third-order valence-electron chi connectivity index (χ3n) is 2.88. The average Bonchev–Trinajstić information content (AvgIpc) is 2.03. The summed E-state index contributed by atoms with van der Waals surface area (Å²) in [6, 6.07) is 0. The van der Waals surface area contributed by atoms with Crippen LogP contribution in [0.1, 0.15) is 47.5 Å². The Morgan fingerprint density at radius 3 is 1.83 bits per heavy atom. The first-order valence-electron chi connectivity index (χ1n) is 5.18. The molecular weight excluding hydrogens is 184 g/mol. The van der Waals surface area contributed by atoms with Crippen molar-refractivity contribution in [3.8, 4) is 0 Å². The fourth-order valence-electron chi connectivity index (χ4n) is 1.98. The number of alkyl halides is 1. The second-order valence-electron chi connectivity index (χ2n) is 4.13. The zero-order valence-corrected chi connectivity index (χ0v) is 11.0. The Morgan fingerprint density at radius 2 is 1.58 bits per heavy atom. The molecule has 0 N–H and O–H groups in total. The average molecular weight is 207 g/mol. The molecule has 0 bridgehead atoms. The zero-order chi connectivity index (χ0) is 9.72. The maximum Gasteiger partial charge on any atom is 0.0632 e. The summed E-state index contributed by atoms with van der Waals surface area (Å²) < 4.78 is 0. The predicted molar refractivity (Wildman–Crippen MR) is 61.9 cm³/mol. The first-order chi connectivity index (χ1) is 5.54. The topological polar surface area (TPSA) is 0 Å². The van der Waals surface area contributed by atoms with Gasteiger partial charge in [0.25, 0.3) is 0 Å². The van der Waals surface area contributed by atoms with Crippen LogP contribution in [0.3, 0.4) is 0 Å². The summed E-state index contributed by atoms with van der Waals surface area (Å²) in [4.78, 5) is 0. The van der Waals surface area contributed by atoms with Crippen LogP contribution in [0.25, 0.3) is 0 Å². The summed E-state index contributed by atoms with van der Waals surface area (Å²) >= 11 is 6.36. The Balaban J connectivity index is 4.21. The Labute approximate surface area is 84.3 Å². The fourth-order valence-corrected chi connectivity index (χ4v) is 7.54. The molecule has 0 saturated heterocycles. The first-order valence-corrected chi connectivity index (χ1v) is 7.62. The molecule has 0 aliphatic carbocycles. The number of hydrogen-bond acceptors (Lipinski definition) is 0. The molecule has 0 amide bonds. The third kappa shape index (κ3) is 3.49. The minimum atomic E-state index is -0.730. The highest BCUT2D eigenvalue weighted by Crippen LogP contribution is 2.29. The van der Waals surface area contributed by atoms with Crippen LogP contribution in [0, 0.1) is 0 Å². The molecule has 0 rings (SSSR count). The van der Waals surface area contributed by atoms with Gasteiger partial charge in [-0.05, 0) is 12.0 Å². The summed E-state index contributed by atoms with van der Waals surface area (Å²) in [7, 11) is -0.730. The van der Waals surface area contributed by atoms with Crippen LogP contribution >= 0.6 is 11.6 Å². The van der Waals surface area contributed by atoms with Gasteiger partial charge in [0.2, 0.25) is 0 Å². The smallest absolute Gasteiger partial charge is 0.0632 e. The minimum Gasteiger partial charge on any atom is -0.127 e. The predicted octanol–water partition coefficient (Wildman–Crippen LogP) is 3.98. The largest absolute Gasteiger partial charge is 0.127 e. The van der Waals surface area contributed by atoms with Crippen LogP contribution in [-0.4, -0.2) is 13.8 Å². The molecule has 3 atom stereocenters. The monoisotopic (exact) mass is 206 g/mol. The van der Waals surface area contributed by atoms with E-state index < -0.39 is 8.80 Å². The summed E-state index contributed by atoms with van der Waals surface area (Å²) in [6.45, 7) is 11.6. The van der Waals surface area contributed by atoms with Crippen molar-refractivity contribution >= 4 is 20.4 Å². The molecule has 0 fully saturated rings. The molecule has 0 nitrogen and oxygen atoms in total. The van der Waals surface area contributed by atoms with E-state index in [0.717, 1.165) is 17.5 Å². The van der Waals surface area contributed by atoms with Crippen molar-refractivity contribution in [3.05, 3.63) is 0 Å². The van der Waals surface area contributed by atoms with Crippen molar-refractivity contribution in [2.45, 2.75) is 63.5 Å². The Bertz CT molecular complexity index is 104. The molecule has 2 heteroatoms. The van der Waals surface area contributed by atoms with Gasteiger partial charge in [0.1, 0.15) is 0 Å². The number of halogens is 1. The lowest BCUT2D eigenvalue weighted by molar-refractivity contribution is 0.798. The van der Waals surface area contributed by atoms with Gasteiger partial charge in [-0.2, -0.15) is 0 Å². The zero-order valence-electron chi connectivity index (χ0n) is 9.10. The highest BCUT2D eigenvalue weighted by molar-refractivity contribution is 6.71. The highest BCUT2D eigenvalue weighted by Gasteiger charge is 2.27. The lowest BCUT2D eigenvalue weighted by atomic mass is 10.4. The number of rotatable bonds is 5. The molecule has 3 unspecified atom stereocenters. The summed E-state index contributed by atoms with van der Waals surface area (Å²) in [5.74, 6) is 0. The molecule has 0 radical (unpaired) electrons. The Hall–Kier alpha value is 0.507. The second-order valence-corrected chi connectivity index (χ2v) is 9.55. The van der Waals surface area contributed by atoms with E-state index in [4.69, 9.17) is 11.6 Å². The van der Waals surface area contributed by atoms with E-state index in [1.807, 2.05) is 0 Å². The molecule has 0 aromatic heterocycles. The normalized spacial score (nSPS) is 19.2. The summed E-state index contributed by atoms with van der Waals surface area (Å²) in [5.41, 5.74) is 1.75. The van der Waals surface area contributed by atoms with Crippen LogP contribution in [0.4, 0.5) is 0 Å². The van der Waals surface area contributed by atoms with Crippen molar-refractivity contribution in [1.82, 2.24) is 0 Å². The quantitative estimate of drug-likeness (QED) is 0.472. The van der Waals surface area contributed by atoms with Gasteiger partial charge in [-0.1, -0.05) is 46.6 Å². The van der Waals surface area contributed by atoms with Crippen molar-refractivity contribution in [2.24, 2.45) is 0 Å². The van der Waals surface area contributed by atoms with E-state index in [1.165, 1.54) is 6.42 Å². The molecular formula is C10H23ClSi. The van der Waals surface area contributed by atoms with Gasteiger partial charge in [-0.15, -0.1) is 11.6 Å². The molecule has 12 heavy (non-hydrogen) atoms. The lowest BCUT2D eigenvalue weighted by Crippen LogP contribution is -2.33. The van der Waals surface area contributed by atoms with Gasteiger partial charge in [-0.25, -0.2) is 0 Å². The van der Waals surface area contributed by atoms with Crippen LogP contribution in [0.15, 0.2) is 0 Å². The minimum absolute atomic E-state index is 0.500. The van der Waals surface area contributed by atoms with E-state index in [0.29, 0.717) is 5.00 Å². The van der Waals surface area contributed by atoms with Crippen LogP contribution in [0.2, 0.25) is 11.1 Å². The van der Waals surface area contributed by atoms with Gasteiger partial charge in [0.15, 0.2) is 0 Å². The molecule has 0 aliphatic heterocycles. The molecule has 0 heterocycles. The van der Waals surface area contributed by atoms with Crippen molar-refractivity contribution in [2.75, 3.05) is 0 Å². The SMILES string of the molecule is CCC(C)[SiH](C(C)C)C(Cl)CC. The summed E-state index contributed by atoms with van der Waals surface area (Å²) in [6.07, 6.45) is 2.46. The molecule has 0 aromatic rings.